The van der Waals surface area contributed by atoms with Gasteiger partial charge in [0.1, 0.15) is 0 Å². The smallest absolute Gasteiger partial charge is 0.0924 e. The summed E-state index contributed by atoms with van der Waals surface area (Å²) in [5.41, 5.74) is 7.36. The molecule has 0 bridgehead atoms. The van der Waals surface area contributed by atoms with Crippen LogP contribution in [-0.4, -0.2) is 24.7 Å². The van der Waals surface area contributed by atoms with Gasteiger partial charge in [0.15, 0.2) is 0 Å². The molecule has 0 spiro atoms. The molecule has 0 aliphatic carbocycles. The van der Waals surface area contributed by atoms with E-state index in [-0.39, 0.29) is 0 Å². The number of hydrogen-bond acceptors (Lipinski definition) is 3. The number of fused-ring (bicyclic) bond motifs is 1. The highest BCUT2D eigenvalue weighted by Crippen LogP contribution is 2.28. The molecule has 0 fully saturated rings. The van der Waals surface area contributed by atoms with E-state index in [1.54, 1.807) is 6.33 Å². The van der Waals surface area contributed by atoms with Crippen molar-refractivity contribution >= 4 is 10.9 Å². The minimum absolute atomic E-state index is 0.967. The number of aryl methyl sites for hydroxylation is 3. The Labute approximate surface area is 134 Å². The Morgan fingerprint density at radius 2 is 2.00 bits per heavy atom. The Bertz CT molecular complexity index is 996. The second-order valence-electron chi connectivity index (χ2n) is 5.82. The molecule has 1 N–H and O–H groups in total. The van der Waals surface area contributed by atoms with Crippen molar-refractivity contribution in [2.45, 2.75) is 13.8 Å². The second kappa shape index (κ2) is 5.05. The highest BCUT2D eigenvalue weighted by Gasteiger charge is 2.11. The maximum absolute atomic E-state index is 4.82. The zero-order valence-corrected chi connectivity index (χ0v) is 13.3. The molecule has 5 nitrogen and oxygen atoms in total. The van der Waals surface area contributed by atoms with Crippen molar-refractivity contribution in [3.05, 3.63) is 54.2 Å². The summed E-state index contributed by atoms with van der Waals surface area (Å²) in [5.74, 6) is 0. The highest BCUT2D eigenvalue weighted by molar-refractivity contribution is 5.88. The number of rotatable bonds is 2. The van der Waals surface area contributed by atoms with E-state index in [1.807, 2.05) is 31.0 Å². The molecule has 0 aliphatic heterocycles. The van der Waals surface area contributed by atoms with Gasteiger partial charge >= 0.3 is 0 Å². The van der Waals surface area contributed by atoms with E-state index in [0.717, 1.165) is 39.1 Å². The average molecular weight is 303 g/mol. The van der Waals surface area contributed by atoms with Crippen LogP contribution in [0.2, 0.25) is 0 Å². The standard InChI is InChI=1S/C18H17N5/c1-11-6-17(15-9-23(3)22-12(15)2)21-16-5-4-13(7-14(11)16)18-8-19-10-20-18/h4-10H,1-3H3,(H,19,20). The van der Waals surface area contributed by atoms with Crippen LogP contribution in [0, 0.1) is 13.8 Å². The van der Waals surface area contributed by atoms with Gasteiger partial charge in [-0.1, -0.05) is 6.07 Å². The van der Waals surface area contributed by atoms with Gasteiger partial charge in [0.05, 0.1) is 35.1 Å². The van der Waals surface area contributed by atoms with Crippen molar-refractivity contribution in [1.82, 2.24) is 24.7 Å². The first kappa shape index (κ1) is 13.7. The Morgan fingerprint density at radius 1 is 1.13 bits per heavy atom. The Balaban J connectivity index is 1.89. The first-order valence-electron chi connectivity index (χ1n) is 7.52. The summed E-state index contributed by atoms with van der Waals surface area (Å²) >= 11 is 0. The first-order chi connectivity index (χ1) is 11.1. The summed E-state index contributed by atoms with van der Waals surface area (Å²) in [6, 6.07) is 8.42. The van der Waals surface area contributed by atoms with Crippen LogP contribution in [-0.2, 0) is 7.05 Å². The molecule has 0 amide bonds. The summed E-state index contributed by atoms with van der Waals surface area (Å²) < 4.78 is 1.83. The first-order valence-corrected chi connectivity index (χ1v) is 7.52. The zero-order chi connectivity index (χ0) is 16.0. The number of benzene rings is 1. The number of aromatic nitrogens is 5. The second-order valence-corrected chi connectivity index (χ2v) is 5.82. The zero-order valence-electron chi connectivity index (χ0n) is 13.3. The molecule has 4 rings (SSSR count). The lowest BCUT2D eigenvalue weighted by Crippen LogP contribution is -1.90. The Hall–Kier alpha value is -2.95. The van der Waals surface area contributed by atoms with Crippen LogP contribution in [0.5, 0.6) is 0 Å². The molecule has 4 aromatic rings. The van der Waals surface area contributed by atoms with Crippen LogP contribution in [0.15, 0.2) is 43.0 Å². The van der Waals surface area contributed by atoms with E-state index < -0.39 is 0 Å². The number of nitrogens with one attached hydrogen (secondary N) is 1. The summed E-state index contributed by atoms with van der Waals surface area (Å²) in [7, 11) is 1.93. The molecule has 0 saturated heterocycles. The molecular weight excluding hydrogens is 286 g/mol. The number of imidazole rings is 1. The molecule has 0 saturated carbocycles. The van der Waals surface area contributed by atoms with Gasteiger partial charge in [-0.25, -0.2) is 9.97 Å². The lowest BCUT2D eigenvalue weighted by atomic mass is 10.0. The Kier molecular flexibility index (Phi) is 3.01. The molecule has 23 heavy (non-hydrogen) atoms. The maximum Gasteiger partial charge on any atom is 0.0924 e. The summed E-state index contributed by atoms with van der Waals surface area (Å²) in [6.07, 6.45) is 5.54. The van der Waals surface area contributed by atoms with Crippen molar-refractivity contribution < 1.29 is 0 Å². The van der Waals surface area contributed by atoms with Crippen molar-refractivity contribution in [2.75, 3.05) is 0 Å². The van der Waals surface area contributed by atoms with Crippen LogP contribution < -0.4 is 0 Å². The van der Waals surface area contributed by atoms with Gasteiger partial charge in [-0.15, -0.1) is 0 Å². The molecular formula is C18H17N5. The SMILES string of the molecule is Cc1nn(C)cc1-c1cc(C)c2cc(-c3cnc[nH]3)ccc2n1. The number of hydrogen-bond donors (Lipinski definition) is 1. The predicted octanol–water partition coefficient (Wildman–Crippen LogP) is 3.64. The Morgan fingerprint density at radius 3 is 2.70 bits per heavy atom. The van der Waals surface area contributed by atoms with E-state index in [9.17, 15) is 0 Å². The van der Waals surface area contributed by atoms with Crippen LogP contribution in [0.3, 0.4) is 0 Å². The van der Waals surface area contributed by atoms with Gasteiger partial charge in [-0.2, -0.15) is 5.10 Å². The summed E-state index contributed by atoms with van der Waals surface area (Å²) in [6.45, 7) is 4.13. The molecule has 1 aromatic carbocycles. The van der Waals surface area contributed by atoms with Crippen molar-refractivity contribution in [2.24, 2.45) is 7.05 Å². The highest BCUT2D eigenvalue weighted by atomic mass is 15.2. The quantitative estimate of drug-likeness (QED) is 0.615. The minimum atomic E-state index is 0.967. The molecule has 3 heterocycles. The van der Waals surface area contributed by atoms with Gasteiger partial charge in [0, 0.05) is 29.8 Å². The third-order valence-corrected chi connectivity index (χ3v) is 4.11. The third-order valence-electron chi connectivity index (χ3n) is 4.11. The van der Waals surface area contributed by atoms with E-state index in [1.165, 1.54) is 5.56 Å². The van der Waals surface area contributed by atoms with E-state index in [2.05, 4.69) is 46.3 Å². The fraction of sp³-hybridized carbons (Fsp3) is 0.167. The van der Waals surface area contributed by atoms with Gasteiger partial charge in [-0.3, -0.25) is 4.68 Å². The minimum Gasteiger partial charge on any atom is -0.345 e. The molecule has 114 valence electrons. The molecule has 0 unspecified atom stereocenters. The molecule has 0 aliphatic rings. The lowest BCUT2D eigenvalue weighted by Gasteiger charge is -2.08. The van der Waals surface area contributed by atoms with Crippen LogP contribution in [0.1, 0.15) is 11.3 Å². The van der Waals surface area contributed by atoms with Gasteiger partial charge in [0.25, 0.3) is 0 Å². The van der Waals surface area contributed by atoms with E-state index >= 15 is 0 Å². The average Bonchev–Trinajstić information content (AvgIpc) is 3.16. The fourth-order valence-electron chi connectivity index (χ4n) is 2.96. The molecule has 5 heteroatoms. The van der Waals surface area contributed by atoms with Gasteiger partial charge in [0.2, 0.25) is 0 Å². The molecule has 0 atom stereocenters. The largest absolute Gasteiger partial charge is 0.345 e. The summed E-state index contributed by atoms with van der Waals surface area (Å²) in [4.78, 5) is 12.1. The van der Waals surface area contributed by atoms with Crippen LogP contribution in [0.4, 0.5) is 0 Å². The van der Waals surface area contributed by atoms with Gasteiger partial charge < -0.3 is 4.98 Å². The van der Waals surface area contributed by atoms with Crippen LogP contribution >= 0.6 is 0 Å². The molecule has 3 aromatic heterocycles. The van der Waals surface area contributed by atoms with E-state index in [0.29, 0.717) is 0 Å². The maximum atomic E-state index is 4.82. The monoisotopic (exact) mass is 303 g/mol. The normalized spacial score (nSPS) is 11.3. The lowest BCUT2D eigenvalue weighted by molar-refractivity contribution is 0.756. The summed E-state index contributed by atoms with van der Waals surface area (Å²) in [5, 5.41) is 5.57. The third kappa shape index (κ3) is 2.30. The number of pyridine rings is 1. The van der Waals surface area contributed by atoms with Crippen molar-refractivity contribution in [1.29, 1.82) is 0 Å². The topological polar surface area (TPSA) is 59.4 Å². The van der Waals surface area contributed by atoms with Crippen molar-refractivity contribution in [3.63, 3.8) is 0 Å². The number of aromatic amines is 1. The van der Waals surface area contributed by atoms with Crippen molar-refractivity contribution in [3.8, 4) is 22.5 Å². The fourth-order valence-corrected chi connectivity index (χ4v) is 2.96. The van der Waals surface area contributed by atoms with Crippen LogP contribution in [0.25, 0.3) is 33.4 Å². The number of H-pyrrole nitrogens is 1. The predicted molar refractivity (Wildman–Crippen MR) is 91.0 cm³/mol. The number of nitrogens with zero attached hydrogens (tertiary/aromatic N) is 4. The molecule has 0 radical (unpaired) electrons. The van der Waals surface area contributed by atoms with E-state index in [4.69, 9.17) is 4.98 Å². The van der Waals surface area contributed by atoms with Gasteiger partial charge in [-0.05, 0) is 37.6 Å².